The average molecular weight is 320 g/mol. The molecular weight excluding hydrogens is 302 g/mol. The lowest BCUT2D eigenvalue weighted by molar-refractivity contribution is -0.119. The number of carbonyl (C=O) groups excluding carboxylic acids is 1. The number of amides is 1. The van der Waals surface area contributed by atoms with Gasteiger partial charge in [0.1, 0.15) is 0 Å². The zero-order chi connectivity index (χ0) is 16.0. The molecular formula is C13H18F2N2O3S. The molecule has 118 valence electrons. The van der Waals surface area contributed by atoms with E-state index in [-0.39, 0.29) is 5.69 Å². The number of nitrogens with one attached hydrogen (secondary N) is 2. The van der Waals surface area contributed by atoms with E-state index in [1.807, 2.05) is 6.92 Å². The van der Waals surface area contributed by atoms with Crippen LogP contribution in [0.2, 0.25) is 0 Å². The Morgan fingerprint density at radius 1 is 1.29 bits per heavy atom. The van der Waals surface area contributed by atoms with Crippen molar-refractivity contribution in [1.82, 2.24) is 5.32 Å². The molecule has 0 saturated heterocycles. The highest BCUT2D eigenvalue weighted by atomic mass is 32.2. The summed E-state index contributed by atoms with van der Waals surface area (Å²) in [5.74, 6) is -4.39. The predicted molar refractivity (Wildman–Crippen MR) is 76.0 cm³/mol. The van der Waals surface area contributed by atoms with Crippen LogP contribution >= 0.6 is 0 Å². The lowest BCUT2D eigenvalue weighted by Crippen LogP contribution is -2.31. The Balaban J connectivity index is 2.98. The molecule has 0 saturated carbocycles. The van der Waals surface area contributed by atoms with Gasteiger partial charge in [0, 0.05) is 12.5 Å². The highest BCUT2D eigenvalue weighted by Crippen LogP contribution is 2.26. The first kappa shape index (κ1) is 17.5. The minimum Gasteiger partial charge on any atom is -0.325 e. The molecule has 1 aromatic rings. The lowest BCUT2D eigenvalue weighted by atomic mass is 10.1. The number of sulfone groups is 1. The second-order valence-corrected chi connectivity index (χ2v) is 6.39. The lowest BCUT2D eigenvalue weighted by Gasteiger charge is -2.15. The third kappa shape index (κ3) is 4.47. The van der Waals surface area contributed by atoms with E-state index >= 15 is 0 Å². The number of alkyl halides is 2. The topological polar surface area (TPSA) is 75.3 Å². The summed E-state index contributed by atoms with van der Waals surface area (Å²) in [5.41, 5.74) is -0.133. The largest absolute Gasteiger partial charge is 0.341 e. The van der Waals surface area contributed by atoms with Crippen LogP contribution in [0.3, 0.4) is 0 Å². The summed E-state index contributed by atoms with van der Waals surface area (Å²) in [6, 6.07) is 5.13. The van der Waals surface area contributed by atoms with Gasteiger partial charge in [-0.05, 0) is 18.7 Å². The Labute approximate surface area is 122 Å². The summed E-state index contributed by atoms with van der Waals surface area (Å²) >= 11 is 0. The zero-order valence-corrected chi connectivity index (χ0v) is 12.6. The Morgan fingerprint density at radius 3 is 2.48 bits per heavy atom. The van der Waals surface area contributed by atoms with Gasteiger partial charge >= 0.3 is 5.76 Å². The molecule has 0 aliphatic carbocycles. The molecule has 0 radical (unpaired) electrons. The van der Waals surface area contributed by atoms with E-state index in [1.54, 1.807) is 6.92 Å². The fourth-order valence-electron chi connectivity index (χ4n) is 1.62. The summed E-state index contributed by atoms with van der Waals surface area (Å²) in [4.78, 5) is 11.4. The Bertz CT molecular complexity index is 591. The van der Waals surface area contributed by atoms with Crippen molar-refractivity contribution in [3.05, 3.63) is 24.3 Å². The van der Waals surface area contributed by atoms with Crippen molar-refractivity contribution in [3.8, 4) is 0 Å². The van der Waals surface area contributed by atoms with Gasteiger partial charge in [-0.25, -0.2) is 8.42 Å². The van der Waals surface area contributed by atoms with Crippen LogP contribution in [0.5, 0.6) is 0 Å². The number of hydrogen-bond donors (Lipinski definition) is 2. The molecule has 8 heteroatoms. The van der Waals surface area contributed by atoms with Crippen molar-refractivity contribution in [2.45, 2.75) is 24.5 Å². The second-order valence-electron chi connectivity index (χ2n) is 4.50. The van der Waals surface area contributed by atoms with Gasteiger partial charge in [-0.15, -0.1) is 0 Å². The molecule has 21 heavy (non-hydrogen) atoms. The molecule has 0 fully saturated rings. The van der Waals surface area contributed by atoms with Crippen LogP contribution in [0, 0.1) is 5.92 Å². The van der Waals surface area contributed by atoms with E-state index in [1.165, 1.54) is 18.2 Å². The Morgan fingerprint density at radius 2 is 1.90 bits per heavy atom. The number of hydrogen-bond acceptors (Lipinski definition) is 4. The van der Waals surface area contributed by atoms with Crippen LogP contribution in [-0.4, -0.2) is 33.2 Å². The summed E-state index contributed by atoms with van der Waals surface area (Å²) in [5, 5.41) is 5.37. The first-order chi connectivity index (χ1) is 9.80. The Kier molecular flexibility index (Phi) is 6.22. The first-order valence-corrected chi connectivity index (χ1v) is 7.98. The van der Waals surface area contributed by atoms with Crippen molar-refractivity contribution < 1.29 is 22.0 Å². The summed E-state index contributed by atoms with van der Waals surface area (Å²) in [7, 11) is -4.76. The van der Waals surface area contributed by atoms with Crippen molar-refractivity contribution in [2.75, 3.05) is 18.4 Å². The van der Waals surface area contributed by atoms with E-state index < -0.39 is 32.3 Å². The number of para-hydroxylation sites is 1. The van der Waals surface area contributed by atoms with Gasteiger partial charge in [0.15, 0.2) is 0 Å². The first-order valence-electron chi connectivity index (χ1n) is 6.43. The molecule has 2 N–H and O–H groups in total. The fraction of sp³-hybridized carbons (Fsp3) is 0.462. The molecule has 1 atom stereocenters. The van der Waals surface area contributed by atoms with Crippen molar-refractivity contribution in [1.29, 1.82) is 0 Å². The van der Waals surface area contributed by atoms with Gasteiger partial charge < -0.3 is 10.6 Å². The fourth-order valence-corrected chi connectivity index (χ4v) is 2.51. The van der Waals surface area contributed by atoms with Crippen molar-refractivity contribution in [3.63, 3.8) is 0 Å². The highest BCUT2D eigenvalue weighted by Gasteiger charge is 2.29. The van der Waals surface area contributed by atoms with Crippen molar-refractivity contribution in [2.24, 2.45) is 5.92 Å². The van der Waals surface area contributed by atoms with E-state index in [0.717, 1.165) is 6.07 Å². The maximum Gasteiger partial charge on any atom is 0.341 e. The molecule has 0 bridgehead atoms. The van der Waals surface area contributed by atoms with Gasteiger partial charge in [-0.3, -0.25) is 4.79 Å². The maximum absolute atomic E-state index is 12.6. The van der Waals surface area contributed by atoms with Crippen molar-refractivity contribution >= 4 is 21.4 Å². The molecule has 5 nitrogen and oxygen atoms in total. The third-order valence-corrected chi connectivity index (χ3v) is 4.27. The predicted octanol–water partition coefficient (Wildman–Crippen LogP) is 1.87. The molecule has 0 spiro atoms. The SMILES string of the molecule is CCNCC(C)C(=O)Nc1ccccc1S(=O)(=O)C(F)F. The second kappa shape index (κ2) is 7.46. The molecule has 0 aliphatic heterocycles. The van der Waals surface area contributed by atoms with E-state index in [4.69, 9.17) is 0 Å². The van der Waals surface area contributed by atoms with Crippen LogP contribution in [0.25, 0.3) is 0 Å². The monoisotopic (exact) mass is 320 g/mol. The van der Waals surface area contributed by atoms with Gasteiger partial charge in [0.25, 0.3) is 0 Å². The van der Waals surface area contributed by atoms with Crippen LogP contribution in [0.15, 0.2) is 29.2 Å². The number of anilines is 1. The minimum absolute atomic E-state index is 0.133. The number of carbonyl (C=O) groups is 1. The van der Waals surface area contributed by atoms with E-state index in [9.17, 15) is 22.0 Å². The number of halogens is 2. The maximum atomic E-state index is 12.6. The van der Waals surface area contributed by atoms with Crippen LogP contribution < -0.4 is 10.6 Å². The molecule has 0 aromatic heterocycles. The normalized spacial score (nSPS) is 13.2. The molecule has 1 unspecified atom stereocenters. The third-order valence-electron chi connectivity index (χ3n) is 2.83. The van der Waals surface area contributed by atoms with Crippen LogP contribution in [0.4, 0.5) is 14.5 Å². The minimum atomic E-state index is -4.76. The van der Waals surface area contributed by atoms with E-state index in [0.29, 0.717) is 13.1 Å². The molecule has 0 aliphatic rings. The molecule has 1 aromatic carbocycles. The summed E-state index contributed by atoms with van der Waals surface area (Å²) in [6.07, 6.45) is 0. The van der Waals surface area contributed by atoms with Crippen LogP contribution in [-0.2, 0) is 14.6 Å². The van der Waals surface area contributed by atoms with Gasteiger partial charge in [-0.1, -0.05) is 26.0 Å². The molecule has 1 amide bonds. The number of rotatable bonds is 7. The quantitative estimate of drug-likeness (QED) is 0.804. The smallest absolute Gasteiger partial charge is 0.325 e. The average Bonchev–Trinajstić information content (AvgIpc) is 2.44. The zero-order valence-electron chi connectivity index (χ0n) is 11.8. The van der Waals surface area contributed by atoms with Gasteiger partial charge in [0.2, 0.25) is 15.7 Å². The molecule has 1 rings (SSSR count). The summed E-state index contributed by atoms with van der Waals surface area (Å²) in [6.45, 7) is 4.64. The Hall–Kier alpha value is -1.54. The van der Waals surface area contributed by atoms with Crippen LogP contribution in [0.1, 0.15) is 13.8 Å². The van der Waals surface area contributed by atoms with E-state index in [2.05, 4.69) is 10.6 Å². The number of benzene rings is 1. The summed E-state index contributed by atoms with van der Waals surface area (Å²) < 4.78 is 48.4. The molecule has 0 heterocycles. The van der Waals surface area contributed by atoms with Gasteiger partial charge in [0.05, 0.1) is 10.6 Å². The standard InChI is InChI=1S/C13H18F2N2O3S/c1-3-16-8-9(2)12(18)17-10-6-4-5-7-11(10)21(19,20)13(14)15/h4-7,9,13,16H,3,8H2,1-2H3,(H,17,18). The van der Waals surface area contributed by atoms with Gasteiger partial charge in [-0.2, -0.15) is 8.78 Å². The highest BCUT2D eigenvalue weighted by molar-refractivity contribution is 7.91.